The van der Waals surface area contributed by atoms with E-state index in [0.717, 1.165) is 5.92 Å². The Morgan fingerprint density at radius 3 is 2.77 bits per heavy atom. The van der Waals surface area contributed by atoms with Crippen molar-refractivity contribution >= 4 is 0 Å². The molecule has 0 heterocycles. The third-order valence-corrected chi connectivity index (χ3v) is 3.06. The van der Waals surface area contributed by atoms with Gasteiger partial charge in [0.05, 0.1) is 0 Å². The fourth-order valence-corrected chi connectivity index (χ4v) is 2.18. The van der Waals surface area contributed by atoms with Gasteiger partial charge in [-0.15, -0.1) is 0 Å². The van der Waals surface area contributed by atoms with Gasteiger partial charge in [0.1, 0.15) is 0 Å². The maximum atomic E-state index is 2.46. The van der Waals surface area contributed by atoms with Crippen molar-refractivity contribution in [2.24, 2.45) is 11.3 Å². The minimum Gasteiger partial charge on any atom is -0.0916 e. The quantitative estimate of drug-likeness (QED) is 0.552. The molecule has 0 amide bonds. The lowest BCUT2D eigenvalue weighted by molar-refractivity contribution is 0.347. The van der Waals surface area contributed by atoms with Crippen LogP contribution in [0.1, 0.15) is 47.0 Å². The minimum absolute atomic E-state index is 0.441. The van der Waals surface area contributed by atoms with Gasteiger partial charge in [0, 0.05) is 0 Å². The number of hydrogen-bond donors (Lipinski definition) is 0. The van der Waals surface area contributed by atoms with E-state index in [4.69, 9.17) is 0 Å². The molecule has 0 N–H and O–H groups in total. The van der Waals surface area contributed by atoms with E-state index in [0.29, 0.717) is 5.41 Å². The molecule has 0 fully saturated rings. The third-order valence-electron chi connectivity index (χ3n) is 3.06. The Hall–Kier alpha value is -0.520. The van der Waals surface area contributed by atoms with Crippen LogP contribution in [0.3, 0.4) is 0 Å². The predicted octanol–water partition coefficient (Wildman–Crippen LogP) is 4.34. The molecule has 0 radical (unpaired) electrons. The summed E-state index contributed by atoms with van der Waals surface area (Å²) in [4.78, 5) is 0. The van der Waals surface area contributed by atoms with Crippen LogP contribution in [0.15, 0.2) is 23.8 Å². The second-order valence-electron chi connectivity index (χ2n) is 4.92. The summed E-state index contributed by atoms with van der Waals surface area (Å²) < 4.78 is 0. The molecule has 0 bridgehead atoms. The van der Waals surface area contributed by atoms with Gasteiger partial charge in [-0.2, -0.15) is 0 Å². The molecule has 0 saturated carbocycles. The zero-order valence-electron chi connectivity index (χ0n) is 9.43. The Bertz CT molecular complexity index is 218. The molecule has 13 heavy (non-hydrogen) atoms. The van der Waals surface area contributed by atoms with Crippen LogP contribution in [0.2, 0.25) is 0 Å². The second kappa shape index (κ2) is 4.13. The third kappa shape index (κ3) is 3.02. The van der Waals surface area contributed by atoms with Gasteiger partial charge in [-0.1, -0.05) is 37.6 Å². The summed E-state index contributed by atoms with van der Waals surface area (Å²) >= 11 is 0. The average Bonchev–Trinajstić information content (AvgIpc) is 2.02. The highest BCUT2D eigenvalue weighted by Gasteiger charge is 2.24. The molecule has 1 aliphatic rings. The normalized spacial score (nSPS) is 27.7. The molecule has 1 rings (SSSR count). The van der Waals surface area contributed by atoms with Gasteiger partial charge in [0.15, 0.2) is 0 Å². The SMILES string of the molecule is CC=CCC1CCC(C)(C)C=C1C. The van der Waals surface area contributed by atoms with E-state index >= 15 is 0 Å². The molecule has 0 aliphatic heterocycles. The molecular weight excluding hydrogens is 156 g/mol. The van der Waals surface area contributed by atoms with E-state index in [1.165, 1.54) is 19.3 Å². The Kier molecular flexibility index (Phi) is 3.35. The van der Waals surface area contributed by atoms with Crippen molar-refractivity contribution in [3.8, 4) is 0 Å². The van der Waals surface area contributed by atoms with Crippen molar-refractivity contribution in [3.05, 3.63) is 23.8 Å². The van der Waals surface area contributed by atoms with E-state index in [1.54, 1.807) is 5.57 Å². The lowest BCUT2D eigenvalue weighted by Crippen LogP contribution is -2.18. The number of hydrogen-bond acceptors (Lipinski definition) is 0. The van der Waals surface area contributed by atoms with Gasteiger partial charge in [-0.3, -0.25) is 0 Å². The highest BCUT2D eigenvalue weighted by Crippen LogP contribution is 2.37. The average molecular weight is 178 g/mol. The highest BCUT2D eigenvalue weighted by atomic mass is 14.3. The van der Waals surface area contributed by atoms with E-state index in [9.17, 15) is 0 Å². The maximum absolute atomic E-state index is 2.46. The predicted molar refractivity (Wildman–Crippen MR) is 59.7 cm³/mol. The molecule has 0 aromatic heterocycles. The van der Waals surface area contributed by atoms with E-state index in [1.807, 2.05) is 0 Å². The van der Waals surface area contributed by atoms with Crippen LogP contribution < -0.4 is 0 Å². The molecule has 0 saturated heterocycles. The van der Waals surface area contributed by atoms with Gasteiger partial charge < -0.3 is 0 Å². The molecule has 74 valence electrons. The molecule has 0 heteroatoms. The maximum Gasteiger partial charge on any atom is -0.0171 e. The van der Waals surface area contributed by atoms with E-state index < -0.39 is 0 Å². The van der Waals surface area contributed by atoms with Crippen LogP contribution in [0.25, 0.3) is 0 Å². The van der Waals surface area contributed by atoms with Crippen molar-refractivity contribution in [1.82, 2.24) is 0 Å². The van der Waals surface area contributed by atoms with Crippen molar-refractivity contribution in [2.75, 3.05) is 0 Å². The van der Waals surface area contributed by atoms with Crippen LogP contribution in [0.4, 0.5) is 0 Å². The lowest BCUT2D eigenvalue weighted by atomic mass is 9.74. The standard InChI is InChI=1S/C13H22/c1-5-6-7-12-8-9-13(3,4)10-11(12)2/h5-6,10,12H,7-9H2,1-4H3. The summed E-state index contributed by atoms with van der Waals surface area (Å²) in [6.07, 6.45) is 10.8. The first-order chi connectivity index (χ1) is 6.05. The highest BCUT2D eigenvalue weighted by molar-refractivity contribution is 5.14. The zero-order valence-corrected chi connectivity index (χ0v) is 9.43. The Morgan fingerprint density at radius 2 is 2.23 bits per heavy atom. The van der Waals surface area contributed by atoms with Crippen LogP contribution in [-0.2, 0) is 0 Å². The summed E-state index contributed by atoms with van der Waals surface area (Å²) in [6, 6.07) is 0. The van der Waals surface area contributed by atoms with Crippen LogP contribution in [0.5, 0.6) is 0 Å². The molecule has 0 aromatic carbocycles. The fourth-order valence-electron chi connectivity index (χ4n) is 2.18. The van der Waals surface area contributed by atoms with Gasteiger partial charge in [0.25, 0.3) is 0 Å². The van der Waals surface area contributed by atoms with Crippen LogP contribution in [0, 0.1) is 11.3 Å². The molecule has 1 unspecified atom stereocenters. The smallest absolute Gasteiger partial charge is 0.0171 e. The Labute approximate surface area is 82.7 Å². The van der Waals surface area contributed by atoms with E-state index in [2.05, 4.69) is 45.9 Å². The summed E-state index contributed by atoms with van der Waals surface area (Å²) in [6.45, 7) is 9.06. The van der Waals surface area contributed by atoms with Gasteiger partial charge in [-0.25, -0.2) is 0 Å². The van der Waals surface area contributed by atoms with E-state index in [-0.39, 0.29) is 0 Å². The van der Waals surface area contributed by atoms with Crippen LogP contribution in [-0.4, -0.2) is 0 Å². The molecule has 1 aliphatic carbocycles. The molecule has 0 aromatic rings. The van der Waals surface area contributed by atoms with Gasteiger partial charge in [-0.05, 0) is 44.4 Å². The molecular formula is C13H22. The van der Waals surface area contributed by atoms with Crippen LogP contribution >= 0.6 is 0 Å². The number of allylic oxidation sites excluding steroid dienone is 4. The molecule has 1 atom stereocenters. The summed E-state index contributed by atoms with van der Waals surface area (Å²) in [5.41, 5.74) is 2.03. The Balaban J connectivity index is 2.62. The first kappa shape index (κ1) is 10.6. The summed E-state index contributed by atoms with van der Waals surface area (Å²) in [5, 5.41) is 0. The lowest BCUT2D eigenvalue weighted by Gasteiger charge is -2.31. The van der Waals surface area contributed by atoms with Crippen molar-refractivity contribution in [1.29, 1.82) is 0 Å². The Morgan fingerprint density at radius 1 is 1.54 bits per heavy atom. The summed E-state index contributed by atoms with van der Waals surface area (Å²) in [5.74, 6) is 0.809. The fraction of sp³-hybridized carbons (Fsp3) is 0.692. The summed E-state index contributed by atoms with van der Waals surface area (Å²) in [7, 11) is 0. The monoisotopic (exact) mass is 178 g/mol. The zero-order chi connectivity index (χ0) is 9.90. The second-order valence-corrected chi connectivity index (χ2v) is 4.92. The minimum atomic E-state index is 0.441. The number of rotatable bonds is 2. The molecule has 0 spiro atoms. The van der Waals surface area contributed by atoms with Crippen molar-refractivity contribution in [2.45, 2.75) is 47.0 Å². The molecule has 0 nitrogen and oxygen atoms in total. The van der Waals surface area contributed by atoms with Gasteiger partial charge >= 0.3 is 0 Å². The first-order valence-electron chi connectivity index (χ1n) is 5.36. The topological polar surface area (TPSA) is 0 Å². The van der Waals surface area contributed by atoms with Crippen molar-refractivity contribution in [3.63, 3.8) is 0 Å². The van der Waals surface area contributed by atoms with Gasteiger partial charge in [0.2, 0.25) is 0 Å². The van der Waals surface area contributed by atoms with Crippen molar-refractivity contribution < 1.29 is 0 Å². The largest absolute Gasteiger partial charge is 0.0916 e. The first-order valence-corrected chi connectivity index (χ1v) is 5.36.